The number of carbonyl (C=O) groups is 1. The fraction of sp³-hybridized carbons (Fsp3) is 0.424. The lowest BCUT2D eigenvalue weighted by Crippen LogP contribution is -2.68. The zero-order valence-electron chi connectivity index (χ0n) is 23.4. The van der Waals surface area contributed by atoms with Crippen LogP contribution in [-0.4, -0.2) is 32.6 Å². The lowest BCUT2D eigenvalue weighted by atomic mass is 9.92. The van der Waals surface area contributed by atoms with Crippen molar-refractivity contribution < 1.29 is 18.7 Å². The van der Waals surface area contributed by atoms with Gasteiger partial charge in [0.25, 0.3) is 8.32 Å². The molecule has 0 saturated carbocycles. The number of carbonyl (C=O) groups excluding carboxylic acids is 1. The molecule has 0 amide bonds. The Kier molecular flexibility index (Phi) is 9.24. The fourth-order valence-corrected chi connectivity index (χ4v) is 10.4. The molecule has 1 aliphatic heterocycles. The molecule has 202 valence electrons. The van der Waals surface area contributed by atoms with Crippen LogP contribution in [0.5, 0.6) is 0 Å². The van der Waals surface area contributed by atoms with E-state index < -0.39 is 8.32 Å². The average molecular weight is 531 g/mol. The molecule has 4 atom stereocenters. The van der Waals surface area contributed by atoms with Crippen molar-refractivity contribution in [1.29, 1.82) is 0 Å². The summed E-state index contributed by atoms with van der Waals surface area (Å²) in [6.45, 7) is 11.6. The molecule has 0 spiro atoms. The summed E-state index contributed by atoms with van der Waals surface area (Å²) in [4.78, 5) is 13.1. The molecule has 0 radical (unpaired) electrons. The van der Waals surface area contributed by atoms with Crippen LogP contribution < -0.4 is 10.4 Å². The lowest BCUT2D eigenvalue weighted by Gasteiger charge is -2.46. The Morgan fingerprint density at radius 2 is 1.39 bits per heavy atom. The van der Waals surface area contributed by atoms with E-state index in [9.17, 15) is 4.79 Å². The molecule has 1 saturated heterocycles. The van der Waals surface area contributed by atoms with E-state index in [-0.39, 0.29) is 41.7 Å². The standard InChI is InChI=1S/C33H42O4Si/c1-25-21-22-30(36-32(34)23-31(25)35-24-27-15-9-6-10-16-27)26(2)37-38(33(3,4)5,28-17-11-7-12-18-28)29-19-13-8-14-20-29/h6-20,25-26,30-31H,21-24H2,1-5H3/t25-,26+,30-,31+/m0/s1. The minimum atomic E-state index is -2.74. The van der Waals surface area contributed by atoms with Gasteiger partial charge in [-0.25, -0.2) is 0 Å². The Balaban J connectivity index is 1.54. The number of esters is 1. The summed E-state index contributed by atoms with van der Waals surface area (Å²) in [5.74, 6) is 0.0339. The van der Waals surface area contributed by atoms with Gasteiger partial charge in [0.05, 0.1) is 25.2 Å². The highest BCUT2D eigenvalue weighted by atomic mass is 28.4. The summed E-state index contributed by atoms with van der Waals surface area (Å²) >= 11 is 0. The molecular weight excluding hydrogens is 488 g/mol. The molecule has 0 unspecified atom stereocenters. The number of ether oxygens (including phenoxy) is 2. The molecule has 3 aromatic carbocycles. The van der Waals surface area contributed by atoms with E-state index >= 15 is 0 Å². The Morgan fingerprint density at radius 3 is 1.92 bits per heavy atom. The van der Waals surface area contributed by atoms with Gasteiger partial charge in [-0.15, -0.1) is 0 Å². The largest absolute Gasteiger partial charge is 0.460 e. The molecule has 1 fully saturated rings. The SMILES string of the molecule is C[C@H]1CC[C@@H]([C@@H](C)O[Si](c2ccccc2)(c2ccccc2)C(C)(C)C)OC(=O)C[C@H]1OCc1ccccc1. The van der Waals surface area contributed by atoms with Crippen molar-refractivity contribution in [2.75, 3.05) is 0 Å². The molecule has 5 heteroatoms. The third-order valence-electron chi connectivity index (χ3n) is 7.80. The van der Waals surface area contributed by atoms with E-state index in [1.807, 2.05) is 42.5 Å². The third-order valence-corrected chi connectivity index (χ3v) is 12.9. The number of hydrogen-bond donors (Lipinski definition) is 0. The van der Waals surface area contributed by atoms with Gasteiger partial charge in [0.2, 0.25) is 0 Å². The van der Waals surface area contributed by atoms with Crippen molar-refractivity contribution in [2.24, 2.45) is 5.92 Å². The van der Waals surface area contributed by atoms with Crippen LogP contribution in [0, 0.1) is 5.92 Å². The number of rotatable bonds is 8. The van der Waals surface area contributed by atoms with E-state index in [0.29, 0.717) is 6.61 Å². The van der Waals surface area contributed by atoms with E-state index in [0.717, 1.165) is 18.4 Å². The Bertz CT molecular complexity index is 1100. The molecule has 0 aliphatic carbocycles. The van der Waals surface area contributed by atoms with Gasteiger partial charge < -0.3 is 13.9 Å². The van der Waals surface area contributed by atoms with Crippen molar-refractivity contribution in [3.05, 3.63) is 96.6 Å². The van der Waals surface area contributed by atoms with Gasteiger partial charge in [0.1, 0.15) is 6.10 Å². The predicted molar refractivity (Wildman–Crippen MR) is 156 cm³/mol. The predicted octanol–water partition coefficient (Wildman–Crippen LogP) is 6.27. The van der Waals surface area contributed by atoms with Gasteiger partial charge in [-0.05, 0) is 46.7 Å². The van der Waals surface area contributed by atoms with Gasteiger partial charge in [0, 0.05) is 0 Å². The summed E-state index contributed by atoms with van der Waals surface area (Å²) < 4.78 is 19.5. The molecule has 0 aromatic heterocycles. The summed E-state index contributed by atoms with van der Waals surface area (Å²) in [5, 5.41) is 2.31. The highest BCUT2D eigenvalue weighted by Crippen LogP contribution is 2.38. The number of benzene rings is 3. The lowest BCUT2D eigenvalue weighted by molar-refractivity contribution is -0.162. The van der Waals surface area contributed by atoms with Crippen LogP contribution in [0.1, 0.15) is 59.4 Å². The van der Waals surface area contributed by atoms with E-state index in [1.54, 1.807) is 0 Å². The monoisotopic (exact) mass is 530 g/mol. The zero-order chi connectivity index (χ0) is 27.2. The van der Waals surface area contributed by atoms with Crippen molar-refractivity contribution in [3.63, 3.8) is 0 Å². The van der Waals surface area contributed by atoms with Gasteiger partial charge in [-0.2, -0.15) is 0 Å². The molecule has 1 heterocycles. The Labute approximate surface area is 229 Å². The van der Waals surface area contributed by atoms with Crippen LogP contribution in [0.2, 0.25) is 5.04 Å². The summed E-state index contributed by atoms with van der Waals surface area (Å²) in [7, 11) is -2.74. The Morgan fingerprint density at radius 1 is 0.868 bits per heavy atom. The molecule has 0 N–H and O–H groups in total. The fourth-order valence-electron chi connectivity index (χ4n) is 5.63. The molecule has 38 heavy (non-hydrogen) atoms. The highest BCUT2D eigenvalue weighted by Gasteiger charge is 2.52. The van der Waals surface area contributed by atoms with E-state index in [1.165, 1.54) is 10.4 Å². The molecule has 3 aromatic rings. The molecule has 1 aliphatic rings. The normalized spacial score (nSPS) is 21.7. The highest BCUT2D eigenvalue weighted by molar-refractivity contribution is 6.99. The summed E-state index contributed by atoms with van der Waals surface area (Å²) in [5.41, 5.74) is 1.11. The maximum atomic E-state index is 13.1. The van der Waals surface area contributed by atoms with E-state index in [4.69, 9.17) is 13.9 Å². The van der Waals surface area contributed by atoms with Crippen LogP contribution in [0.3, 0.4) is 0 Å². The minimum absolute atomic E-state index is 0.140. The second kappa shape index (κ2) is 12.4. The van der Waals surface area contributed by atoms with Crippen LogP contribution in [0.25, 0.3) is 0 Å². The second-order valence-corrected chi connectivity index (χ2v) is 15.9. The van der Waals surface area contributed by atoms with Crippen molar-refractivity contribution in [2.45, 2.75) is 83.8 Å². The van der Waals surface area contributed by atoms with Crippen molar-refractivity contribution in [1.82, 2.24) is 0 Å². The van der Waals surface area contributed by atoms with Crippen LogP contribution in [0.4, 0.5) is 0 Å². The quantitative estimate of drug-likeness (QED) is 0.254. The first kappa shape index (κ1) is 28.3. The summed E-state index contributed by atoms with van der Waals surface area (Å²) in [6.07, 6.45) is 1.21. The van der Waals surface area contributed by atoms with E-state index in [2.05, 4.69) is 83.1 Å². The van der Waals surface area contributed by atoms with Gasteiger partial charge in [-0.1, -0.05) is 119 Å². The van der Waals surface area contributed by atoms with Crippen LogP contribution >= 0.6 is 0 Å². The number of cyclic esters (lactones) is 1. The van der Waals surface area contributed by atoms with Gasteiger partial charge in [0.15, 0.2) is 0 Å². The molecule has 4 nitrogen and oxygen atoms in total. The molecule has 4 rings (SSSR count). The minimum Gasteiger partial charge on any atom is -0.460 e. The van der Waals surface area contributed by atoms with Crippen molar-refractivity contribution in [3.8, 4) is 0 Å². The first-order chi connectivity index (χ1) is 18.2. The zero-order valence-corrected chi connectivity index (χ0v) is 24.4. The average Bonchev–Trinajstić information content (AvgIpc) is 2.91. The van der Waals surface area contributed by atoms with Crippen LogP contribution in [0.15, 0.2) is 91.0 Å². The summed E-state index contributed by atoms with van der Waals surface area (Å²) in [6, 6.07) is 31.3. The first-order valence-corrected chi connectivity index (χ1v) is 15.8. The third kappa shape index (κ3) is 6.45. The second-order valence-electron chi connectivity index (χ2n) is 11.6. The topological polar surface area (TPSA) is 44.8 Å². The molecular formula is C33H42O4Si. The van der Waals surface area contributed by atoms with Gasteiger partial charge >= 0.3 is 5.97 Å². The van der Waals surface area contributed by atoms with Crippen molar-refractivity contribution >= 4 is 24.7 Å². The molecule has 0 bridgehead atoms. The maximum Gasteiger partial charge on any atom is 0.308 e. The van der Waals surface area contributed by atoms with Gasteiger partial charge in [-0.3, -0.25) is 4.79 Å². The maximum absolute atomic E-state index is 13.1. The van der Waals surface area contributed by atoms with Crippen LogP contribution in [-0.2, 0) is 25.3 Å². The Hall–Kier alpha value is -2.73. The first-order valence-electron chi connectivity index (χ1n) is 13.8. The smallest absolute Gasteiger partial charge is 0.308 e. The number of hydrogen-bond acceptors (Lipinski definition) is 4.